The highest BCUT2D eigenvalue weighted by Crippen LogP contribution is 2.10. The molecule has 0 aliphatic rings. The molecular weight excluding hydrogens is 218 g/mol. The molecule has 1 aromatic rings. The molecule has 0 saturated carbocycles. The van der Waals surface area contributed by atoms with Crippen molar-refractivity contribution in [2.75, 3.05) is 0 Å². The van der Waals surface area contributed by atoms with Crippen LogP contribution in [0.15, 0.2) is 13.7 Å². The van der Waals surface area contributed by atoms with Gasteiger partial charge in [0.25, 0.3) is 0 Å². The van der Waals surface area contributed by atoms with Gasteiger partial charge in [-0.15, -0.1) is 0 Å². The lowest BCUT2D eigenvalue weighted by Gasteiger charge is -2.00. The van der Waals surface area contributed by atoms with Crippen LogP contribution in [0.2, 0.25) is 0 Å². The van der Waals surface area contributed by atoms with E-state index in [-0.39, 0.29) is 0 Å². The van der Waals surface area contributed by atoms with Gasteiger partial charge in [0, 0.05) is 6.42 Å². The summed E-state index contributed by atoms with van der Waals surface area (Å²) in [5.74, 6) is -0.270. The summed E-state index contributed by atoms with van der Waals surface area (Å²) < 4.78 is 9.05. The van der Waals surface area contributed by atoms with E-state index in [1.807, 2.05) is 0 Å². The highest BCUT2D eigenvalue weighted by molar-refractivity contribution is 4.70. The predicted octanol–water partition coefficient (Wildman–Crippen LogP) is 3.70. The molecule has 1 aromatic heterocycles. The molecule has 1 rings (SSSR count). The zero-order valence-corrected chi connectivity index (χ0v) is 10.7. The van der Waals surface area contributed by atoms with E-state index in [0.29, 0.717) is 12.3 Å². The molecule has 0 atom stereocenters. The third kappa shape index (κ3) is 6.97. The molecule has 0 saturated heterocycles. The molecule has 0 fully saturated rings. The molecule has 0 radical (unpaired) electrons. The maximum absolute atomic E-state index is 10.6. The van der Waals surface area contributed by atoms with Crippen LogP contribution in [0.25, 0.3) is 0 Å². The average Bonchev–Trinajstić information content (AvgIpc) is 2.73. The first-order valence-corrected chi connectivity index (χ1v) is 6.78. The molecular formula is C13H23NO3. The van der Waals surface area contributed by atoms with Crippen LogP contribution >= 0.6 is 0 Å². The van der Waals surface area contributed by atoms with Gasteiger partial charge in [0.05, 0.1) is 0 Å². The van der Waals surface area contributed by atoms with Gasteiger partial charge in [-0.3, -0.25) is 4.52 Å². The van der Waals surface area contributed by atoms with Crippen LogP contribution in [0.1, 0.15) is 70.6 Å². The Morgan fingerprint density at radius 2 is 1.53 bits per heavy atom. The summed E-state index contributed by atoms with van der Waals surface area (Å²) in [5, 5.41) is 3.53. The molecule has 98 valence electrons. The second-order valence-corrected chi connectivity index (χ2v) is 4.51. The minimum atomic E-state index is -0.698. The fraction of sp³-hybridized carbons (Fsp3) is 0.846. The van der Waals surface area contributed by atoms with Gasteiger partial charge in [-0.05, 0) is 11.6 Å². The van der Waals surface area contributed by atoms with E-state index in [0.717, 1.165) is 6.42 Å². The molecule has 0 unspecified atom stereocenters. The third-order valence-corrected chi connectivity index (χ3v) is 2.92. The molecule has 17 heavy (non-hydrogen) atoms. The Balaban J connectivity index is 1.86. The first kappa shape index (κ1) is 14.0. The van der Waals surface area contributed by atoms with Crippen LogP contribution in [0.4, 0.5) is 0 Å². The molecule has 1 heterocycles. The monoisotopic (exact) mass is 241 g/mol. The fourth-order valence-corrected chi connectivity index (χ4v) is 1.91. The Hall–Kier alpha value is -1.06. The third-order valence-electron chi connectivity index (χ3n) is 2.92. The Bertz CT molecular complexity index is 329. The zero-order valence-electron chi connectivity index (χ0n) is 10.7. The van der Waals surface area contributed by atoms with E-state index in [9.17, 15) is 4.79 Å². The van der Waals surface area contributed by atoms with Gasteiger partial charge >= 0.3 is 5.82 Å². The molecule has 0 bridgehead atoms. The standard InChI is InChI=1S/C13H23NO3/c1-2-3-4-5-6-7-8-9-10-11-12-14-17-13(15)16-12/h2-11H2,1H3. The number of aryl methyl sites for hydroxylation is 1. The van der Waals surface area contributed by atoms with Gasteiger partial charge in [-0.2, -0.15) is 0 Å². The average molecular weight is 241 g/mol. The summed E-state index contributed by atoms with van der Waals surface area (Å²) >= 11 is 0. The highest BCUT2D eigenvalue weighted by atomic mass is 16.6. The summed E-state index contributed by atoms with van der Waals surface area (Å²) in [7, 11) is 0. The van der Waals surface area contributed by atoms with Crippen molar-refractivity contribution in [2.24, 2.45) is 0 Å². The normalized spacial score (nSPS) is 10.9. The molecule has 4 heteroatoms. The largest absolute Gasteiger partial charge is 0.542 e. The summed E-state index contributed by atoms with van der Waals surface area (Å²) in [6.07, 6.45) is 12.2. The minimum Gasteiger partial charge on any atom is -0.375 e. The van der Waals surface area contributed by atoms with Gasteiger partial charge < -0.3 is 4.42 Å². The first-order chi connectivity index (χ1) is 8.33. The second-order valence-electron chi connectivity index (χ2n) is 4.51. The van der Waals surface area contributed by atoms with E-state index in [1.54, 1.807) is 0 Å². The van der Waals surface area contributed by atoms with Gasteiger partial charge in [-0.1, -0.05) is 58.3 Å². The maximum Gasteiger partial charge on any atom is 0.542 e. The van der Waals surface area contributed by atoms with E-state index >= 15 is 0 Å². The Morgan fingerprint density at radius 3 is 2.06 bits per heavy atom. The van der Waals surface area contributed by atoms with Gasteiger partial charge in [-0.25, -0.2) is 4.79 Å². The highest BCUT2D eigenvalue weighted by Gasteiger charge is 2.02. The molecule has 0 aromatic carbocycles. The quantitative estimate of drug-likeness (QED) is 0.586. The van der Waals surface area contributed by atoms with Crippen molar-refractivity contribution < 1.29 is 8.94 Å². The number of aromatic nitrogens is 1. The summed E-state index contributed by atoms with van der Waals surface area (Å²) in [6.45, 7) is 2.24. The van der Waals surface area contributed by atoms with Crippen LogP contribution in [-0.2, 0) is 6.42 Å². The van der Waals surface area contributed by atoms with Crippen molar-refractivity contribution in [3.05, 3.63) is 16.5 Å². The van der Waals surface area contributed by atoms with Crippen molar-refractivity contribution in [1.29, 1.82) is 0 Å². The smallest absolute Gasteiger partial charge is 0.375 e. The molecule has 0 N–H and O–H groups in total. The Kier molecular flexibility index (Phi) is 7.43. The predicted molar refractivity (Wildman–Crippen MR) is 66.0 cm³/mol. The lowest BCUT2D eigenvalue weighted by atomic mass is 10.1. The topological polar surface area (TPSA) is 56.2 Å². The molecule has 4 nitrogen and oxygen atoms in total. The van der Waals surface area contributed by atoms with Crippen molar-refractivity contribution in [1.82, 2.24) is 5.16 Å². The van der Waals surface area contributed by atoms with Crippen LogP contribution in [0, 0.1) is 0 Å². The lowest BCUT2D eigenvalue weighted by Crippen LogP contribution is -1.88. The zero-order chi connectivity index (χ0) is 12.3. The number of rotatable bonds is 10. The van der Waals surface area contributed by atoms with E-state index < -0.39 is 5.82 Å². The lowest BCUT2D eigenvalue weighted by molar-refractivity contribution is 0.334. The van der Waals surface area contributed by atoms with Gasteiger partial charge in [0.2, 0.25) is 5.89 Å². The van der Waals surface area contributed by atoms with Crippen molar-refractivity contribution >= 4 is 0 Å². The first-order valence-electron chi connectivity index (χ1n) is 6.78. The van der Waals surface area contributed by atoms with Crippen LogP contribution in [0.3, 0.4) is 0 Å². The molecule has 0 amide bonds. The summed E-state index contributed by atoms with van der Waals surface area (Å²) in [5.41, 5.74) is 0. The summed E-state index contributed by atoms with van der Waals surface area (Å²) in [6, 6.07) is 0. The number of hydrogen-bond donors (Lipinski definition) is 0. The Morgan fingerprint density at radius 1 is 0.941 bits per heavy atom. The number of hydrogen-bond acceptors (Lipinski definition) is 4. The molecule has 0 aliphatic carbocycles. The molecule has 0 aliphatic heterocycles. The van der Waals surface area contributed by atoms with Crippen molar-refractivity contribution in [3.63, 3.8) is 0 Å². The van der Waals surface area contributed by atoms with E-state index in [2.05, 4.69) is 16.6 Å². The number of nitrogens with zero attached hydrogens (tertiary/aromatic N) is 1. The van der Waals surface area contributed by atoms with Gasteiger partial charge in [0.1, 0.15) is 0 Å². The van der Waals surface area contributed by atoms with Crippen molar-refractivity contribution in [3.8, 4) is 0 Å². The summed E-state index contributed by atoms with van der Waals surface area (Å²) in [4.78, 5) is 10.6. The second kappa shape index (κ2) is 9.02. The van der Waals surface area contributed by atoms with Crippen molar-refractivity contribution in [2.45, 2.75) is 71.1 Å². The van der Waals surface area contributed by atoms with Crippen LogP contribution in [-0.4, -0.2) is 5.16 Å². The van der Waals surface area contributed by atoms with E-state index in [1.165, 1.54) is 51.4 Å². The fourth-order valence-electron chi connectivity index (χ4n) is 1.91. The number of unbranched alkanes of at least 4 members (excludes halogenated alkanes) is 8. The van der Waals surface area contributed by atoms with Gasteiger partial charge in [0.15, 0.2) is 0 Å². The van der Waals surface area contributed by atoms with Crippen LogP contribution in [0.5, 0.6) is 0 Å². The minimum absolute atomic E-state index is 0.429. The SMILES string of the molecule is CCCCCCCCCCCc1noc(=O)o1. The molecule has 0 spiro atoms. The van der Waals surface area contributed by atoms with Crippen LogP contribution < -0.4 is 5.82 Å². The van der Waals surface area contributed by atoms with E-state index in [4.69, 9.17) is 4.42 Å². The maximum atomic E-state index is 10.6. The Labute approximate surface area is 102 Å².